The van der Waals surface area contributed by atoms with Crippen molar-refractivity contribution < 1.29 is 19.4 Å². The van der Waals surface area contributed by atoms with Crippen molar-refractivity contribution in [1.29, 1.82) is 0 Å². The van der Waals surface area contributed by atoms with Crippen LogP contribution in [0.2, 0.25) is 0 Å². The lowest BCUT2D eigenvalue weighted by Gasteiger charge is -2.29. The van der Waals surface area contributed by atoms with Gasteiger partial charge in [0.25, 0.3) is 0 Å². The molecule has 144 valence electrons. The minimum atomic E-state index is -1.06. The lowest BCUT2D eigenvalue weighted by molar-refractivity contribution is -0.136. The Hall–Kier alpha value is -2.83. The molecule has 1 atom stereocenters. The van der Waals surface area contributed by atoms with Gasteiger partial charge in [0.2, 0.25) is 5.91 Å². The molecule has 1 amide bonds. The highest BCUT2D eigenvalue weighted by Crippen LogP contribution is 2.25. The van der Waals surface area contributed by atoms with Crippen molar-refractivity contribution in [3.8, 4) is 5.75 Å². The monoisotopic (exact) mass is 371 g/mol. The molecule has 1 aromatic heterocycles. The Morgan fingerprint density at radius 1 is 1.37 bits per heavy atom. The molecule has 0 radical (unpaired) electrons. The maximum atomic E-state index is 12.5. The van der Waals surface area contributed by atoms with Crippen LogP contribution in [0.3, 0.4) is 0 Å². The van der Waals surface area contributed by atoms with Gasteiger partial charge in [-0.2, -0.15) is 5.10 Å². The number of amides is 1. The molecule has 1 aliphatic heterocycles. The van der Waals surface area contributed by atoms with Gasteiger partial charge in [-0.25, -0.2) is 4.79 Å². The second-order valence-electron chi connectivity index (χ2n) is 6.91. The maximum absolute atomic E-state index is 12.5. The van der Waals surface area contributed by atoms with Crippen molar-refractivity contribution in [3.05, 3.63) is 46.8 Å². The molecule has 0 spiro atoms. The van der Waals surface area contributed by atoms with Crippen LogP contribution in [0.5, 0.6) is 5.75 Å². The van der Waals surface area contributed by atoms with Gasteiger partial charge < -0.3 is 14.7 Å². The molecule has 2 heterocycles. The van der Waals surface area contributed by atoms with Crippen molar-refractivity contribution >= 4 is 11.9 Å². The molecule has 0 bridgehead atoms. The van der Waals surface area contributed by atoms with Gasteiger partial charge in [-0.05, 0) is 24.1 Å². The molecule has 0 aliphatic carbocycles. The van der Waals surface area contributed by atoms with E-state index in [9.17, 15) is 14.7 Å². The third-order valence-corrected chi connectivity index (χ3v) is 5.15. The normalized spacial score (nSPS) is 14.6. The van der Waals surface area contributed by atoms with E-state index in [1.54, 1.807) is 16.7 Å². The second-order valence-corrected chi connectivity index (χ2v) is 6.91. The molecule has 2 aromatic rings. The molecule has 0 fully saturated rings. The number of nitrogens with zero attached hydrogens (tertiary/aromatic N) is 3. The lowest BCUT2D eigenvalue weighted by Crippen LogP contribution is -2.39. The molecule has 0 saturated carbocycles. The van der Waals surface area contributed by atoms with E-state index in [0.29, 0.717) is 31.6 Å². The van der Waals surface area contributed by atoms with Crippen molar-refractivity contribution in [2.24, 2.45) is 5.92 Å². The first kappa shape index (κ1) is 18.9. The molecule has 27 heavy (non-hydrogen) atoms. The van der Waals surface area contributed by atoms with Crippen LogP contribution in [-0.2, 0) is 24.3 Å². The quantitative estimate of drug-likeness (QED) is 0.844. The zero-order valence-corrected chi connectivity index (χ0v) is 15.9. The summed E-state index contributed by atoms with van der Waals surface area (Å²) in [5, 5.41) is 13.9. The van der Waals surface area contributed by atoms with Gasteiger partial charge in [0.15, 0.2) is 5.69 Å². The van der Waals surface area contributed by atoms with E-state index >= 15 is 0 Å². The smallest absolute Gasteiger partial charge is 0.356 e. The number of hydrogen-bond acceptors (Lipinski definition) is 4. The van der Waals surface area contributed by atoms with E-state index in [0.717, 1.165) is 23.4 Å². The minimum absolute atomic E-state index is 0.0366. The van der Waals surface area contributed by atoms with E-state index in [1.807, 2.05) is 38.1 Å². The largest absolute Gasteiger partial charge is 0.497 e. The zero-order valence-electron chi connectivity index (χ0n) is 15.9. The highest BCUT2D eigenvalue weighted by Gasteiger charge is 2.31. The maximum Gasteiger partial charge on any atom is 0.356 e. The number of carboxylic acid groups (broad SMARTS) is 1. The fourth-order valence-corrected chi connectivity index (χ4v) is 3.41. The van der Waals surface area contributed by atoms with Gasteiger partial charge in [0.1, 0.15) is 5.75 Å². The SMILES string of the molecule is CC[C@@H](C)C(=O)N1CCc2c(c(C(=O)O)nn2Cc2cccc(OC)c2)C1. The average molecular weight is 371 g/mol. The number of hydrogen-bond donors (Lipinski definition) is 1. The number of rotatable bonds is 6. The van der Waals surface area contributed by atoms with Crippen LogP contribution in [0.1, 0.15) is 47.6 Å². The summed E-state index contributed by atoms with van der Waals surface area (Å²) in [6.07, 6.45) is 1.37. The molecule has 7 heteroatoms. The third kappa shape index (κ3) is 3.82. The summed E-state index contributed by atoms with van der Waals surface area (Å²) < 4.78 is 7.00. The Kier molecular flexibility index (Phi) is 5.48. The van der Waals surface area contributed by atoms with Crippen molar-refractivity contribution in [2.75, 3.05) is 13.7 Å². The minimum Gasteiger partial charge on any atom is -0.497 e. The highest BCUT2D eigenvalue weighted by atomic mass is 16.5. The van der Waals surface area contributed by atoms with Crippen molar-refractivity contribution in [3.63, 3.8) is 0 Å². The van der Waals surface area contributed by atoms with E-state index in [4.69, 9.17) is 4.74 Å². The number of carbonyl (C=O) groups is 2. The van der Waals surface area contributed by atoms with E-state index in [1.165, 1.54) is 0 Å². The summed E-state index contributed by atoms with van der Waals surface area (Å²) in [5.74, 6) is -0.308. The van der Waals surface area contributed by atoms with Crippen LogP contribution in [0.15, 0.2) is 24.3 Å². The second kappa shape index (κ2) is 7.82. The Labute approximate surface area is 158 Å². The number of methoxy groups -OCH3 is 1. The fraction of sp³-hybridized carbons (Fsp3) is 0.450. The first-order valence-corrected chi connectivity index (χ1v) is 9.18. The fourth-order valence-electron chi connectivity index (χ4n) is 3.41. The Balaban J connectivity index is 1.91. The third-order valence-electron chi connectivity index (χ3n) is 5.15. The number of carboxylic acids is 1. The predicted molar refractivity (Wildman–Crippen MR) is 99.9 cm³/mol. The molecule has 7 nitrogen and oxygen atoms in total. The summed E-state index contributed by atoms with van der Waals surface area (Å²) in [6.45, 7) is 5.23. The number of aromatic carboxylic acids is 1. The summed E-state index contributed by atoms with van der Waals surface area (Å²) in [7, 11) is 1.61. The molecule has 3 rings (SSSR count). The molecule has 0 unspecified atom stereocenters. The molecule has 1 N–H and O–H groups in total. The molecular formula is C20H25N3O4. The van der Waals surface area contributed by atoms with Crippen LogP contribution < -0.4 is 4.74 Å². The predicted octanol–water partition coefficient (Wildman–Crippen LogP) is 2.57. The van der Waals surface area contributed by atoms with Crippen LogP contribution in [0.4, 0.5) is 0 Å². The highest BCUT2D eigenvalue weighted by molar-refractivity contribution is 5.88. The molecule has 0 saturated heterocycles. The van der Waals surface area contributed by atoms with Crippen molar-refractivity contribution in [1.82, 2.24) is 14.7 Å². The van der Waals surface area contributed by atoms with Crippen molar-refractivity contribution in [2.45, 2.75) is 39.8 Å². The van der Waals surface area contributed by atoms with Crippen LogP contribution in [0, 0.1) is 5.92 Å². The van der Waals surface area contributed by atoms with Crippen LogP contribution in [-0.4, -0.2) is 45.3 Å². The molecule has 1 aromatic carbocycles. The summed E-state index contributed by atoms with van der Waals surface area (Å²) in [4.78, 5) is 26.0. The Morgan fingerprint density at radius 2 is 2.15 bits per heavy atom. The summed E-state index contributed by atoms with van der Waals surface area (Å²) >= 11 is 0. The van der Waals surface area contributed by atoms with E-state index < -0.39 is 5.97 Å². The molecule has 1 aliphatic rings. The van der Waals surface area contributed by atoms with E-state index in [2.05, 4.69) is 5.10 Å². The Morgan fingerprint density at radius 3 is 2.81 bits per heavy atom. The number of ether oxygens (including phenoxy) is 1. The number of aromatic nitrogens is 2. The van der Waals surface area contributed by atoms with Gasteiger partial charge >= 0.3 is 5.97 Å². The van der Waals surface area contributed by atoms with Crippen LogP contribution in [0.25, 0.3) is 0 Å². The summed E-state index contributed by atoms with van der Waals surface area (Å²) in [5.41, 5.74) is 2.56. The first-order valence-electron chi connectivity index (χ1n) is 9.18. The van der Waals surface area contributed by atoms with Gasteiger partial charge in [0, 0.05) is 36.7 Å². The van der Waals surface area contributed by atoms with Gasteiger partial charge in [0.05, 0.1) is 13.7 Å². The van der Waals surface area contributed by atoms with Gasteiger partial charge in [-0.3, -0.25) is 9.48 Å². The van der Waals surface area contributed by atoms with E-state index in [-0.39, 0.29) is 17.5 Å². The van der Waals surface area contributed by atoms with Gasteiger partial charge in [-0.15, -0.1) is 0 Å². The summed E-state index contributed by atoms with van der Waals surface area (Å²) in [6, 6.07) is 7.63. The number of carbonyl (C=O) groups excluding carboxylic acids is 1. The average Bonchev–Trinajstić information content (AvgIpc) is 3.04. The van der Waals surface area contributed by atoms with Gasteiger partial charge in [-0.1, -0.05) is 26.0 Å². The topological polar surface area (TPSA) is 84.7 Å². The number of benzene rings is 1. The zero-order chi connectivity index (χ0) is 19.6. The van der Waals surface area contributed by atoms with Crippen LogP contribution >= 0.6 is 0 Å². The lowest BCUT2D eigenvalue weighted by atomic mass is 10.0. The number of fused-ring (bicyclic) bond motifs is 1. The standard InChI is InChI=1S/C20H25N3O4/c1-4-13(2)19(24)22-9-8-17-16(12-22)18(20(25)26)21-23(17)11-14-6-5-7-15(10-14)27-3/h5-7,10,13H,4,8-9,11-12H2,1-3H3,(H,25,26)/t13-/m1/s1. The Bertz CT molecular complexity index is 859. The molecular weight excluding hydrogens is 346 g/mol. The first-order chi connectivity index (χ1) is 12.9.